The molecule has 0 spiro atoms. The van der Waals surface area contributed by atoms with Gasteiger partial charge >= 0.3 is 0 Å². The number of benzene rings is 1. The first-order chi connectivity index (χ1) is 6.38. The highest BCUT2D eigenvalue weighted by molar-refractivity contribution is 8.28. The Morgan fingerprint density at radius 1 is 1.00 bits per heavy atom. The summed E-state index contributed by atoms with van der Waals surface area (Å²) in [7, 11) is 3.10. The van der Waals surface area contributed by atoms with Crippen LogP contribution in [0, 0.1) is 0 Å². The summed E-state index contributed by atoms with van der Waals surface area (Å²) in [6.45, 7) is 7.12. The van der Waals surface area contributed by atoms with Crippen LogP contribution in [-0.2, 0) is 0 Å². The number of hydrogen-bond acceptors (Lipinski definition) is 2. The van der Waals surface area contributed by atoms with Crippen LogP contribution in [0.1, 0.15) is 0 Å². The quantitative estimate of drug-likeness (QED) is 0.722. The molecule has 1 rings (SSSR count). The summed E-state index contributed by atoms with van der Waals surface area (Å²) in [6.07, 6.45) is 0. The highest BCUT2D eigenvalue weighted by Gasteiger charge is 2.14. The molecule has 0 radical (unpaired) electrons. The molecule has 0 aliphatic carbocycles. The molecule has 0 N–H and O–H groups in total. The third-order valence-corrected chi connectivity index (χ3v) is 5.44. The number of nitrogens with zero attached hydrogens (tertiary/aromatic N) is 1. The first-order valence-corrected chi connectivity index (χ1v) is 9.89. The highest BCUT2D eigenvalue weighted by Crippen LogP contribution is 2.29. The first-order valence-electron chi connectivity index (χ1n) is 4.85. The van der Waals surface area contributed by atoms with Gasteiger partial charge in [0.1, 0.15) is 7.22 Å². The second kappa shape index (κ2) is 4.40. The molecule has 1 aromatic rings. The fourth-order valence-electron chi connectivity index (χ4n) is 1.17. The molecule has 0 aliphatic rings. The second-order valence-corrected chi connectivity index (χ2v) is 13.8. The first kappa shape index (κ1) is 11.7. The minimum Gasteiger partial charge on any atom is -0.378 e. The zero-order valence-electron chi connectivity index (χ0n) is 9.66. The predicted molar refractivity (Wildman–Crippen MR) is 70.0 cm³/mol. The van der Waals surface area contributed by atoms with Gasteiger partial charge in [-0.2, -0.15) is 11.2 Å². The average Bonchev–Trinajstić information content (AvgIpc) is 2.02. The van der Waals surface area contributed by atoms with Crippen LogP contribution in [0.3, 0.4) is 0 Å². The van der Waals surface area contributed by atoms with Crippen LogP contribution >= 0.6 is 11.2 Å². The Morgan fingerprint density at radius 2 is 1.50 bits per heavy atom. The molecule has 0 unspecified atom stereocenters. The van der Waals surface area contributed by atoms with Crippen LogP contribution in [-0.4, -0.2) is 21.3 Å². The minimum absolute atomic E-state index is 1.04. The largest absolute Gasteiger partial charge is 0.378 e. The van der Waals surface area contributed by atoms with Gasteiger partial charge in [-0.3, -0.25) is 0 Å². The summed E-state index contributed by atoms with van der Waals surface area (Å²) >= 11 is 2.04. The molecule has 0 fully saturated rings. The van der Waals surface area contributed by atoms with Crippen molar-refractivity contribution < 1.29 is 0 Å². The van der Waals surface area contributed by atoms with Crippen LogP contribution < -0.4 is 4.90 Å². The van der Waals surface area contributed by atoms with Gasteiger partial charge in [-0.05, 0) is 24.3 Å². The molecule has 0 amide bonds. The van der Waals surface area contributed by atoms with Gasteiger partial charge < -0.3 is 4.90 Å². The second-order valence-electron chi connectivity index (χ2n) is 4.60. The number of rotatable bonds is 3. The Balaban J connectivity index is 2.74. The molecule has 1 aromatic carbocycles. The Hall–Kier alpha value is -0.413. The van der Waals surface area contributed by atoms with Crippen molar-refractivity contribution in [2.45, 2.75) is 24.5 Å². The standard InChI is InChI=1S/C11H19NSSi/c1-12(2)10-6-8-11(9-7-10)13-14(3,4)5/h6-9H,1-5H3. The molecule has 0 heterocycles. The molecule has 0 atom stereocenters. The third kappa shape index (κ3) is 3.76. The van der Waals surface area contributed by atoms with Crippen LogP contribution in [0.2, 0.25) is 19.6 Å². The zero-order valence-corrected chi connectivity index (χ0v) is 11.5. The normalized spacial score (nSPS) is 11.5. The Morgan fingerprint density at radius 3 is 1.86 bits per heavy atom. The van der Waals surface area contributed by atoms with Gasteiger partial charge in [0.15, 0.2) is 0 Å². The van der Waals surface area contributed by atoms with E-state index in [1.54, 1.807) is 0 Å². The van der Waals surface area contributed by atoms with E-state index in [2.05, 4.69) is 62.9 Å². The predicted octanol–water partition coefficient (Wildman–Crippen LogP) is 3.68. The summed E-state index contributed by atoms with van der Waals surface area (Å²) in [5, 5.41) is 0. The molecule has 0 saturated carbocycles. The van der Waals surface area contributed by atoms with E-state index in [4.69, 9.17) is 0 Å². The van der Waals surface area contributed by atoms with Crippen LogP contribution in [0.25, 0.3) is 0 Å². The van der Waals surface area contributed by atoms with E-state index in [1.807, 2.05) is 11.2 Å². The monoisotopic (exact) mass is 225 g/mol. The summed E-state index contributed by atoms with van der Waals surface area (Å²) in [6, 6.07) is 8.81. The molecule has 0 saturated heterocycles. The van der Waals surface area contributed by atoms with Crippen molar-refractivity contribution >= 4 is 24.1 Å². The number of hydrogen-bond donors (Lipinski definition) is 0. The molecular weight excluding hydrogens is 206 g/mol. The van der Waals surface area contributed by atoms with E-state index in [9.17, 15) is 0 Å². The highest BCUT2D eigenvalue weighted by atomic mass is 32.4. The summed E-state index contributed by atoms with van der Waals surface area (Å²) in [5.74, 6) is 0. The molecule has 78 valence electrons. The van der Waals surface area contributed by atoms with Crippen molar-refractivity contribution in [2.75, 3.05) is 19.0 Å². The Bertz CT molecular complexity index is 287. The van der Waals surface area contributed by atoms with Gasteiger partial charge in [-0.25, -0.2) is 0 Å². The van der Waals surface area contributed by atoms with Crippen molar-refractivity contribution in [3.8, 4) is 0 Å². The summed E-state index contributed by atoms with van der Waals surface area (Å²) < 4.78 is 0. The lowest BCUT2D eigenvalue weighted by Gasteiger charge is -2.17. The molecule has 0 aliphatic heterocycles. The molecule has 14 heavy (non-hydrogen) atoms. The van der Waals surface area contributed by atoms with Gasteiger partial charge in [-0.1, -0.05) is 19.6 Å². The van der Waals surface area contributed by atoms with Gasteiger partial charge in [-0.15, -0.1) is 0 Å². The van der Waals surface area contributed by atoms with Gasteiger partial charge in [0.25, 0.3) is 0 Å². The van der Waals surface area contributed by atoms with Gasteiger partial charge in [0.05, 0.1) is 0 Å². The van der Waals surface area contributed by atoms with Gasteiger partial charge in [0, 0.05) is 24.7 Å². The van der Waals surface area contributed by atoms with Crippen LogP contribution in [0.5, 0.6) is 0 Å². The molecular formula is C11H19NSSi. The zero-order chi connectivity index (χ0) is 10.8. The fourth-order valence-corrected chi connectivity index (χ4v) is 4.67. The van der Waals surface area contributed by atoms with Crippen LogP contribution in [0.15, 0.2) is 29.2 Å². The Kier molecular flexibility index (Phi) is 3.67. The SMILES string of the molecule is CN(C)c1ccc(S[Si](C)(C)C)cc1. The maximum absolute atomic E-state index is 2.37. The number of anilines is 1. The van der Waals surface area contributed by atoms with Crippen LogP contribution in [0.4, 0.5) is 5.69 Å². The topological polar surface area (TPSA) is 3.24 Å². The lowest BCUT2D eigenvalue weighted by Crippen LogP contribution is -2.13. The van der Waals surface area contributed by atoms with Gasteiger partial charge in [0.2, 0.25) is 0 Å². The summed E-state index contributed by atoms with van der Waals surface area (Å²) in [5.41, 5.74) is 1.27. The molecule has 0 aromatic heterocycles. The Labute approximate surface area is 92.2 Å². The maximum atomic E-state index is 2.37. The van der Waals surface area contributed by atoms with E-state index < -0.39 is 7.22 Å². The van der Waals surface area contributed by atoms with Crippen molar-refractivity contribution in [3.63, 3.8) is 0 Å². The van der Waals surface area contributed by atoms with Crippen molar-refractivity contribution in [1.82, 2.24) is 0 Å². The van der Waals surface area contributed by atoms with E-state index in [0.29, 0.717) is 0 Å². The lowest BCUT2D eigenvalue weighted by molar-refractivity contribution is 1.13. The van der Waals surface area contributed by atoms with E-state index >= 15 is 0 Å². The van der Waals surface area contributed by atoms with Crippen molar-refractivity contribution in [1.29, 1.82) is 0 Å². The molecule has 1 nitrogen and oxygen atoms in total. The third-order valence-electron chi connectivity index (χ3n) is 1.78. The van der Waals surface area contributed by atoms with E-state index in [-0.39, 0.29) is 0 Å². The smallest absolute Gasteiger partial charge is 0.114 e. The minimum atomic E-state index is -1.04. The van der Waals surface area contributed by atoms with E-state index in [0.717, 1.165) is 0 Å². The lowest BCUT2D eigenvalue weighted by atomic mass is 10.3. The van der Waals surface area contributed by atoms with E-state index in [1.165, 1.54) is 10.6 Å². The molecule has 3 heteroatoms. The summed E-state index contributed by atoms with van der Waals surface area (Å²) in [4.78, 5) is 3.53. The average molecular weight is 225 g/mol. The maximum Gasteiger partial charge on any atom is 0.114 e. The van der Waals surface area contributed by atoms with Crippen molar-refractivity contribution in [3.05, 3.63) is 24.3 Å². The molecule has 0 bridgehead atoms. The van der Waals surface area contributed by atoms with Crippen molar-refractivity contribution in [2.24, 2.45) is 0 Å². The fraction of sp³-hybridized carbons (Fsp3) is 0.455.